The third-order valence-electron chi connectivity index (χ3n) is 4.33. The van der Waals surface area contributed by atoms with Crippen LogP contribution in [-0.2, 0) is 0 Å². The van der Waals surface area contributed by atoms with Crippen molar-refractivity contribution in [3.05, 3.63) is 58.3 Å². The second-order valence-corrected chi connectivity index (χ2v) is 7.25. The first-order chi connectivity index (χ1) is 11.0. The van der Waals surface area contributed by atoms with Gasteiger partial charge in [-0.3, -0.25) is 4.90 Å². The summed E-state index contributed by atoms with van der Waals surface area (Å²) in [6.07, 6.45) is 0.680. The van der Waals surface area contributed by atoms with Gasteiger partial charge in [0, 0.05) is 16.5 Å². The van der Waals surface area contributed by atoms with Crippen molar-refractivity contribution in [2.45, 2.75) is 25.1 Å². The van der Waals surface area contributed by atoms with Crippen LogP contribution in [-0.4, -0.2) is 10.8 Å². The van der Waals surface area contributed by atoms with Crippen molar-refractivity contribution in [2.75, 3.05) is 4.90 Å². The minimum Gasteiger partial charge on any atom is -0.467 e. The van der Waals surface area contributed by atoms with Gasteiger partial charge in [0.05, 0.1) is 11.7 Å². The molecule has 0 aromatic heterocycles. The first-order valence-electron chi connectivity index (χ1n) is 7.32. The van der Waals surface area contributed by atoms with E-state index in [0.717, 1.165) is 11.3 Å². The number of nitrogens with zero attached hydrogens (tertiary/aromatic N) is 1. The normalized spacial score (nSPS) is 25.4. The van der Waals surface area contributed by atoms with E-state index >= 15 is 0 Å². The van der Waals surface area contributed by atoms with Gasteiger partial charge in [0.15, 0.2) is 10.8 Å². The topological polar surface area (TPSA) is 24.5 Å². The predicted molar refractivity (Wildman–Crippen MR) is 95.1 cm³/mol. The zero-order valence-corrected chi connectivity index (χ0v) is 14.7. The molecule has 0 amide bonds. The maximum absolute atomic E-state index is 14.5. The van der Waals surface area contributed by atoms with Crippen molar-refractivity contribution >= 4 is 38.9 Å². The Morgan fingerprint density at radius 1 is 1.35 bits per heavy atom. The molecule has 0 radical (unpaired) electrons. The van der Waals surface area contributed by atoms with Gasteiger partial charge in [-0.15, -0.1) is 0 Å². The van der Waals surface area contributed by atoms with E-state index in [1.54, 1.807) is 17.0 Å². The molecule has 0 aliphatic carbocycles. The summed E-state index contributed by atoms with van der Waals surface area (Å²) in [6.45, 7) is 1.95. The van der Waals surface area contributed by atoms with Crippen LogP contribution >= 0.6 is 28.1 Å². The summed E-state index contributed by atoms with van der Waals surface area (Å²) in [6, 6.07) is 12.9. The summed E-state index contributed by atoms with van der Waals surface area (Å²) in [7, 11) is 0. The molecule has 2 bridgehead atoms. The second kappa shape index (κ2) is 5.18. The van der Waals surface area contributed by atoms with E-state index in [1.165, 1.54) is 6.07 Å². The van der Waals surface area contributed by atoms with Crippen LogP contribution < -0.4 is 15.0 Å². The molecule has 0 saturated carbocycles. The molecule has 2 aliphatic rings. The van der Waals surface area contributed by atoms with Crippen LogP contribution in [0.25, 0.3) is 0 Å². The van der Waals surface area contributed by atoms with Gasteiger partial charge in [-0.2, -0.15) is 0 Å². The average molecular weight is 393 g/mol. The maximum Gasteiger partial charge on any atom is 0.188 e. The molecule has 0 spiro atoms. The Labute approximate surface area is 147 Å². The van der Waals surface area contributed by atoms with Crippen molar-refractivity contribution in [1.29, 1.82) is 0 Å². The van der Waals surface area contributed by atoms with Gasteiger partial charge in [-0.05, 0) is 43.4 Å². The van der Waals surface area contributed by atoms with Crippen LogP contribution in [0.3, 0.4) is 0 Å². The number of benzene rings is 2. The van der Waals surface area contributed by atoms with E-state index in [2.05, 4.69) is 21.2 Å². The number of nitrogens with one attached hydrogen (secondary N) is 1. The van der Waals surface area contributed by atoms with Gasteiger partial charge in [-0.25, -0.2) is 4.39 Å². The molecule has 1 N–H and O–H groups in total. The molecule has 2 atom stereocenters. The SMILES string of the molecule is CC12CC(NC(=S)N1c1ccc(Br)cc1F)c1ccccc1O2. The van der Waals surface area contributed by atoms with Gasteiger partial charge in [0.1, 0.15) is 11.6 Å². The molecule has 2 aromatic carbocycles. The van der Waals surface area contributed by atoms with Gasteiger partial charge in [0.25, 0.3) is 0 Å². The highest BCUT2D eigenvalue weighted by molar-refractivity contribution is 9.10. The molecule has 118 valence electrons. The lowest BCUT2D eigenvalue weighted by molar-refractivity contribution is 0.0492. The fourth-order valence-electron chi connectivity index (χ4n) is 3.35. The Kier molecular flexibility index (Phi) is 3.35. The summed E-state index contributed by atoms with van der Waals surface area (Å²) in [5.41, 5.74) is 0.769. The van der Waals surface area contributed by atoms with Crippen molar-refractivity contribution in [1.82, 2.24) is 5.32 Å². The quantitative estimate of drug-likeness (QED) is 0.720. The van der Waals surface area contributed by atoms with E-state index in [9.17, 15) is 4.39 Å². The summed E-state index contributed by atoms with van der Waals surface area (Å²) >= 11 is 8.80. The number of anilines is 1. The molecular formula is C17H14BrFN2OS. The third-order valence-corrected chi connectivity index (χ3v) is 5.13. The Hall–Kier alpha value is -1.66. The van der Waals surface area contributed by atoms with Crippen molar-refractivity contribution in [2.24, 2.45) is 0 Å². The number of halogens is 2. The fraction of sp³-hybridized carbons (Fsp3) is 0.235. The molecule has 2 unspecified atom stereocenters. The summed E-state index contributed by atoms with van der Waals surface area (Å²) < 4.78 is 21.4. The minimum atomic E-state index is -0.726. The predicted octanol–water partition coefficient (Wildman–Crippen LogP) is 4.52. The van der Waals surface area contributed by atoms with Crippen LogP contribution in [0, 0.1) is 5.82 Å². The van der Waals surface area contributed by atoms with E-state index in [1.807, 2.05) is 31.2 Å². The molecule has 2 aliphatic heterocycles. The molecule has 23 heavy (non-hydrogen) atoms. The van der Waals surface area contributed by atoms with Crippen LogP contribution in [0.15, 0.2) is 46.9 Å². The van der Waals surface area contributed by atoms with Crippen molar-refractivity contribution in [3.8, 4) is 5.75 Å². The number of rotatable bonds is 1. The van der Waals surface area contributed by atoms with E-state index in [-0.39, 0.29) is 11.9 Å². The van der Waals surface area contributed by atoms with Crippen molar-refractivity contribution in [3.63, 3.8) is 0 Å². The first kappa shape index (κ1) is 14.9. The van der Waals surface area contributed by atoms with Crippen LogP contribution in [0.4, 0.5) is 10.1 Å². The highest BCUT2D eigenvalue weighted by Crippen LogP contribution is 2.45. The Bertz CT molecular complexity index is 815. The summed E-state index contributed by atoms with van der Waals surface area (Å²) in [4.78, 5) is 1.73. The van der Waals surface area contributed by atoms with Crippen LogP contribution in [0.1, 0.15) is 24.9 Å². The average Bonchev–Trinajstić information content (AvgIpc) is 2.48. The third kappa shape index (κ3) is 2.32. The molecule has 4 rings (SSSR count). The second-order valence-electron chi connectivity index (χ2n) is 5.95. The monoisotopic (exact) mass is 392 g/mol. The molecule has 3 nitrogen and oxygen atoms in total. The number of thiocarbonyl (C=S) groups is 1. The standard InChI is InChI=1S/C17H14BrFN2OS/c1-17-9-13(11-4-2-3-5-15(11)22-17)20-16(23)21(17)14-7-6-10(18)8-12(14)19/h2-8,13H,9H2,1H3,(H,20,23). The Morgan fingerprint density at radius 2 is 2.13 bits per heavy atom. The van der Waals surface area contributed by atoms with Gasteiger partial charge in [-0.1, -0.05) is 34.1 Å². The molecule has 1 saturated heterocycles. The number of fused-ring (bicyclic) bond motifs is 4. The zero-order chi connectivity index (χ0) is 16.2. The van der Waals surface area contributed by atoms with Crippen LogP contribution in [0.5, 0.6) is 5.75 Å². The highest BCUT2D eigenvalue weighted by Gasteiger charge is 2.48. The number of hydrogen-bond acceptors (Lipinski definition) is 2. The van der Waals surface area contributed by atoms with E-state index in [4.69, 9.17) is 17.0 Å². The number of ether oxygens (including phenoxy) is 1. The molecule has 2 heterocycles. The maximum atomic E-state index is 14.5. The molecule has 2 aromatic rings. The zero-order valence-electron chi connectivity index (χ0n) is 12.3. The van der Waals surface area contributed by atoms with Gasteiger partial charge < -0.3 is 10.1 Å². The molecule has 6 heteroatoms. The van der Waals surface area contributed by atoms with Crippen LogP contribution in [0.2, 0.25) is 0 Å². The molecule has 1 fully saturated rings. The smallest absolute Gasteiger partial charge is 0.188 e. The van der Waals surface area contributed by atoms with Gasteiger partial charge >= 0.3 is 0 Å². The first-order valence-corrected chi connectivity index (χ1v) is 8.52. The number of para-hydroxylation sites is 1. The minimum absolute atomic E-state index is 0.0761. The van der Waals surface area contributed by atoms with E-state index < -0.39 is 5.72 Å². The summed E-state index contributed by atoms with van der Waals surface area (Å²) in [5.74, 6) is 0.467. The fourth-order valence-corrected chi connectivity index (χ4v) is 4.12. The largest absolute Gasteiger partial charge is 0.467 e. The molecular weight excluding hydrogens is 379 g/mol. The van der Waals surface area contributed by atoms with E-state index in [0.29, 0.717) is 21.7 Å². The Morgan fingerprint density at radius 3 is 2.91 bits per heavy atom. The highest BCUT2D eigenvalue weighted by atomic mass is 79.9. The lowest BCUT2D eigenvalue weighted by Crippen LogP contribution is -2.65. The van der Waals surface area contributed by atoms with Gasteiger partial charge in [0.2, 0.25) is 0 Å². The Balaban J connectivity index is 1.83. The summed E-state index contributed by atoms with van der Waals surface area (Å²) in [5, 5.41) is 3.79. The lowest BCUT2D eigenvalue weighted by atomic mass is 9.90. The lowest BCUT2D eigenvalue weighted by Gasteiger charge is -2.52. The van der Waals surface area contributed by atoms with Crippen molar-refractivity contribution < 1.29 is 9.13 Å². The number of hydrogen-bond donors (Lipinski definition) is 1.